The van der Waals surface area contributed by atoms with Crippen molar-refractivity contribution >= 4 is 5.91 Å². The highest BCUT2D eigenvalue weighted by molar-refractivity contribution is 5.76. The van der Waals surface area contributed by atoms with E-state index in [0.717, 1.165) is 11.3 Å². The van der Waals surface area contributed by atoms with E-state index >= 15 is 0 Å². The first-order chi connectivity index (χ1) is 11.0. The first kappa shape index (κ1) is 17.7. The molecule has 0 aliphatic carbocycles. The molecule has 0 aromatic heterocycles. The van der Waals surface area contributed by atoms with E-state index in [2.05, 4.69) is 10.6 Å². The van der Waals surface area contributed by atoms with Crippen LogP contribution in [0.25, 0.3) is 0 Å². The van der Waals surface area contributed by atoms with Crippen molar-refractivity contribution in [3.05, 3.63) is 29.8 Å². The van der Waals surface area contributed by atoms with E-state index in [0.29, 0.717) is 12.8 Å². The smallest absolute Gasteiger partial charge is 0.220 e. The number of amides is 1. The van der Waals surface area contributed by atoms with Gasteiger partial charge >= 0.3 is 0 Å². The Labute approximate surface area is 135 Å². The van der Waals surface area contributed by atoms with Crippen LogP contribution in [0.4, 0.5) is 0 Å². The van der Waals surface area contributed by atoms with Gasteiger partial charge in [-0.2, -0.15) is 0 Å². The Hall–Kier alpha value is -1.67. The highest BCUT2D eigenvalue weighted by Gasteiger charge is 2.40. The van der Waals surface area contributed by atoms with Gasteiger partial charge in [0.05, 0.1) is 38.0 Å². The van der Waals surface area contributed by atoms with E-state index in [-0.39, 0.29) is 19.1 Å². The van der Waals surface area contributed by atoms with Crippen molar-refractivity contribution in [1.82, 2.24) is 10.6 Å². The molecule has 1 aromatic carbocycles. The van der Waals surface area contributed by atoms with E-state index in [1.165, 1.54) is 0 Å². The van der Waals surface area contributed by atoms with Crippen molar-refractivity contribution in [2.24, 2.45) is 0 Å². The van der Waals surface area contributed by atoms with Crippen LogP contribution in [-0.4, -0.2) is 65.8 Å². The number of aryl methyl sites for hydroxylation is 1. The molecular weight excluding hydrogens is 300 g/mol. The van der Waals surface area contributed by atoms with E-state index in [4.69, 9.17) is 9.84 Å². The third-order valence-corrected chi connectivity index (χ3v) is 4.09. The number of aliphatic hydroxyl groups excluding tert-OH is 3. The second-order valence-corrected chi connectivity index (χ2v) is 5.70. The number of ether oxygens (including phenoxy) is 1. The van der Waals surface area contributed by atoms with Gasteiger partial charge in [0.25, 0.3) is 0 Å². The second-order valence-electron chi connectivity index (χ2n) is 5.70. The Morgan fingerprint density at radius 2 is 2.04 bits per heavy atom. The van der Waals surface area contributed by atoms with Gasteiger partial charge in [0.1, 0.15) is 5.75 Å². The van der Waals surface area contributed by atoms with Gasteiger partial charge in [0.15, 0.2) is 0 Å². The highest BCUT2D eigenvalue weighted by Crippen LogP contribution is 2.15. The van der Waals surface area contributed by atoms with E-state index in [9.17, 15) is 15.0 Å². The molecule has 5 N–H and O–H groups in total. The van der Waals surface area contributed by atoms with Crippen LogP contribution in [-0.2, 0) is 11.2 Å². The van der Waals surface area contributed by atoms with Gasteiger partial charge in [-0.05, 0) is 24.1 Å². The van der Waals surface area contributed by atoms with Gasteiger partial charge in [-0.25, -0.2) is 0 Å². The number of carbonyl (C=O) groups is 1. The van der Waals surface area contributed by atoms with Crippen molar-refractivity contribution in [2.75, 3.05) is 20.3 Å². The number of rotatable bonds is 7. The largest absolute Gasteiger partial charge is 0.497 e. The van der Waals surface area contributed by atoms with Crippen molar-refractivity contribution in [3.8, 4) is 5.75 Å². The molecule has 1 heterocycles. The lowest BCUT2D eigenvalue weighted by Gasteiger charge is -2.16. The Morgan fingerprint density at radius 3 is 2.70 bits per heavy atom. The van der Waals surface area contributed by atoms with Gasteiger partial charge in [-0.15, -0.1) is 0 Å². The Balaban J connectivity index is 1.75. The zero-order valence-electron chi connectivity index (χ0n) is 13.1. The fourth-order valence-electron chi connectivity index (χ4n) is 2.69. The van der Waals surface area contributed by atoms with Crippen LogP contribution in [0.5, 0.6) is 5.75 Å². The molecule has 128 valence electrons. The summed E-state index contributed by atoms with van der Waals surface area (Å²) in [5, 5.41) is 34.3. The van der Waals surface area contributed by atoms with Crippen molar-refractivity contribution in [1.29, 1.82) is 0 Å². The predicted molar refractivity (Wildman–Crippen MR) is 84.1 cm³/mol. The third-order valence-electron chi connectivity index (χ3n) is 4.09. The molecule has 23 heavy (non-hydrogen) atoms. The third kappa shape index (κ3) is 4.65. The molecule has 0 saturated carbocycles. The molecule has 0 bridgehead atoms. The first-order valence-corrected chi connectivity index (χ1v) is 7.67. The van der Waals surface area contributed by atoms with Crippen LogP contribution in [0.3, 0.4) is 0 Å². The maximum Gasteiger partial charge on any atom is 0.220 e. The molecule has 1 amide bonds. The summed E-state index contributed by atoms with van der Waals surface area (Å²) in [6.45, 7) is -0.0653. The molecule has 7 nitrogen and oxygen atoms in total. The van der Waals surface area contributed by atoms with Gasteiger partial charge in [0, 0.05) is 13.0 Å². The molecule has 7 heteroatoms. The number of hydrogen-bond donors (Lipinski definition) is 5. The summed E-state index contributed by atoms with van der Waals surface area (Å²) in [6, 6.07) is 6.51. The van der Waals surface area contributed by atoms with Crippen molar-refractivity contribution in [2.45, 2.75) is 37.1 Å². The molecule has 1 aliphatic heterocycles. The standard InChI is InChI=1S/C16H24N2O5/c1-23-11-4-2-3-10(7-11)5-6-14(20)17-8-12-15(21)16(22)13(9-19)18-12/h2-4,7,12-13,15-16,18-19,21-22H,5-6,8-9H2,1H3,(H,17,20)/t12-,13-,15-,16+/m1/s1. The molecule has 0 unspecified atom stereocenters. The summed E-state index contributed by atoms with van der Waals surface area (Å²) in [5.74, 6) is 0.619. The van der Waals surface area contributed by atoms with Gasteiger partial charge < -0.3 is 30.7 Å². The average Bonchev–Trinajstić information content (AvgIpc) is 2.86. The van der Waals surface area contributed by atoms with E-state index < -0.39 is 24.3 Å². The summed E-state index contributed by atoms with van der Waals surface area (Å²) in [4.78, 5) is 11.9. The molecule has 2 rings (SSSR count). The quantitative estimate of drug-likeness (QED) is 0.431. The summed E-state index contributed by atoms with van der Waals surface area (Å²) in [6.07, 6.45) is -1.13. The van der Waals surface area contributed by atoms with Gasteiger partial charge in [-0.3, -0.25) is 4.79 Å². The van der Waals surface area contributed by atoms with Crippen LogP contribution in [0, 0.1) is 0 Å². The SMILES string of the molecule is COc1cccc(CCC(=O)NC[C@H]2N[C@H](CO)[C@H](O)[C@@H]2O)c1. The molecule has 0 radical (unpaired) electrons. The maximum atomic E-state index is 11.9. The van der Waals surface area contributed by atoms with E-state index in [1.807, 2.05) is 24.3 Å². The number of methoxy groups -OCH3 is 1. The average molecular weight is 324 g/mol. The monoisotopic (exact) mass is 324 g/mol. The fourth-order valence-corrected chi connectivity index (χ4v) is 2.69. The van der Waals surface area contributed by atoms with Crippen LogP contribution < -0.4 is 15.4 Å². The number of aliphatic hydroxyl groups is 3. The number of carbonyl (C=O) groups excluding carboxylic acids is 1. The molecule has 0 spiro atoms. The second kappa shape index (κ2) is 8.26. The number of hydrogen-bond acceptors (Lipinski definition) is 6. The van der Waals surface area contributed by atoms with E-state index in [1.54, 1.807) is 7.11 Å². The van der Waals surface area contributed by atoms with Gasteiger partial charge in [0.2, 0.25) is 5.91 Å². The lowest BCUT2D eigenvalue weighted by molar-refractivity contribution is -0.121. The summed E-state index contributed by atoms with van der Waals surface area (Å²) in [5.41, 5.74) is 1.01. The van der Waals surface area contributed by atoms with Crippen LogP contribution in [0.2, 0.25) is 0 Å². The number of nitrogens with one attached hydrogen (secondary N) is 2. The molecule has 1 aliphatic rings. The van der Waals surface area contributed by atoms with Crippen molar-refractivity contribution < 1.29 is 24.9 Å². The Bertz CT molecular complexity index is 525. The van der Waals surface area contributed by atoms with Crippen molar-refractivity contribution in [3.63, 3.8) is 0 Å². The molecule has 1 aromatic rings. The zero-order valence-corrected chi connectivity index (χ0v) is 13.1. The maximum absolute atomic E-state index is 11.9. The first-order valence-electron chi connectivity index (χ1n) is 7.67. The molecule has 1 saturated heterocycles. The summed E-state index contributed by atoms with van der Waals surface area (Å²) >= 11 is 0. The molecule has 4 atom stereocenters. The Kier molecular flexibility index (Phi) is 6.35. The predicted octanol–water partition coefficient (Wildman–Crippen LogP) is -1.20. The number of benzene rings is 1. The normalized spacial score (nSPS) is 27.0. The minimum atomic E-state index is -1.03. The summed E-state index contributed by atoms with van der Waals surface area (Å²) in [7, 11) is 1.60. The Morgan fingerprint density at radius 1 is 1.30 bits per heavy atom. The topological polar surface area (TPSA) is 111 Å². The lowest BCUT2D eigenvalue weighted by atomic mass is 10.1. The lowest BCUT2D eigenvalue weighted by Crippen LogP contribution is -2.44. The van der Waals surface area contributed by atoms with Gasteiger partial charge in [-0.1, -0.05) is 12.1 Å². The molecular formula is C16H24N2O5. The van der Waals surface area contributed by atoms with Crippen LogP contribution >= 0.6 is 0 Å². The summed E-state index contributed by atoms with van der Waals surface area (Å²) < 4.78 is 5.14. The van der Waals surface area contributed by atoms with Crippen LogP contribution in [0.1, 0.15) is 12.0 Å². The van der Waals surface area contributed by atoms with Crippen LogP contribution in [0.15, 0.2) is 24.3 Å². The minimum absolute atomic E-state index is 0.135. The molecule has 1 fully saturated rings. The fraction of sp³-hybridized carbons (Fsp3) is 0.562. The minimum Gasteiger partial charge on any atom is -0.497 e. The highest BCUT2D eigenvalue weighted by atomic mass is 16.5. The zero-order chi connectivity index (χ0) is 16.8.